The Morgan fingerprint density at radius 2 is 1.66 bits per heavy atom. The van der Waals surface area contributed by atoms with E-state index >= 15 is 0 Å². The van der Waals surface area contributed by atoms with E-state index < -0.39 is 23.6 Å². The van der Waals surface area contributed by atoms with Gasteiger partial charge in [-0.2, -0.15) is 13.2 Å². The lowest BCUT2D eigenvalue weighted by Gasteiger charge is -2.13. The second-order valence-electron chi connectivity index (χ2n) is 6.23. The first-order valence-corrected chi connectivity index (χ1v) is 8.33. The largest absolute Gasteiger partial charge is 0.416 e. The van der Waals surface area contributed by atoms with E-state index in [0.717, 1.165) is 17.8 Å². The molecule has 2 amide bonds. The molecule has 3 aromatic rings. The number of aryl methyl sites for hydroxylation is 2. The molecule has 2 aromatic heterocycles. The van der Waals surface area contributed by atoms with Crippen LogP contribution < -0.4 is 10.6 Å². The number of nitrogens with one attached hydrogen (secondary N) is 2. The minimum atomic E-state index is -4.72. The Bertz CT molecular complexity index is 1060. The van der Waals surface area contributed by atoms with E-state index in [9.17, 15) is 22.8 Å². The summed E-state index contributed by atoms with van der Waals surface area (Å²) >= 11 is 0. The van der Waals surface area contributed by atoms with Crippen LogP contribution >= 0.6 is 0 Å². The molecule has 0 aliphatic heterocycles. The highest BCUT2D eigenvalue weighted by Gasteiger charge is 2.32. The maximum Gasteiger partial charge on any atom is 0.416 e. The summed E-state index contributed by atoms with van der Waals surface area (Å²) in [5, 5.41) is 8.30. The molecule has 150 valence electrons. The molecule has 29 heavy (non-hydrogen) atoms. The number of pyridine rings is 1. The van der Waals surface area contributed by atoms with Crippen molar-refractivity contribution >= 4 is 23.2 Å². The zero-order valence-corrected chi connectivity index (χ0v) is 15.3. The molecule has 0 aliphatic carbocycles. The number of hydrogen-bond donors (Lipinski definition) is 2. The number of carbonyl (C=O) groups excluding carboxylic acids is 2. The highest BCUT2D eigenvalue weighted by molar-refractivity contribution is 6.06. The summed E-state index contributed by atoms with van der Waals surface area (Å²) in [7, 11) is 0. The number of benzene rings is 1. The maximum absolute atomic E-state index is 13.3. The summed E-state index contributed by atoms with van der Waals surface area (Å²) in [5.41, 5.74) is -0.117. The van der Waals surface area contributed by atoms with Gasteiger partial charge in [-0.05, 0) is 44.2 Å². The highest BCUT2D eigenvalue weighted by Crippen LogP contribution is 2.32. The van der Waals surface area contributed by atoms with Gasteiger partial charge in [0.05, 0.1) is 23.1 Å². The smallest absolute Gasteiger partial charge is 0.351 e. The van der Waals surface area contributed by atoms with Gasteiger partial charge in [0, 0.05) is 23.0 Å². The van der Waals surface area contributed by atoms with Crippen LogP contribution in [-0.2, 0) is 6.18 Å². The molecule has 0 bridgehead atoms. The fourth-order valence-corrected chi connectivity index (χ4v) is 2.40. The Labute approximate surface area is 162 Å². The van der Waals surface area contributed by atoms with E-state index in [1.807, 2.05) is 0 Å². The number of carbonyl (C=O) groups is 2. The molecule has 1 aromatic carbocycles. The first-order chi connectivity index (χ1) is 13.6. The van der Waals surface area contributed by atoms with Gasteiger partial charge in [0.25, 0.3) is 11.8 Å². The zero-order chi connectivity index (χ0) is 21.2. The Morgan fingerprint density at radius 3 is 2.24 bits per heavy atom. The SMILES string of the molecule is Cc1ccc(NC(=O)c2cc(NC(=O)c3cc(C)no3)cc(C(F)(F)F)c2)cn1. The Morgan fingerprint density at radius 1 is 0.931 bits per heavy atom. The number of hydrogen-bond acceptors (Lipinski definition) is 5. The standard InChI is InChI=1S/C19H15F3N4O3/c1-10-3-4-14(9-23-10)24-17(27)12-6-13(19(20,21)22)8-15(7-12)25-18(28)16-5-11(2)26-29-16/h3-9H,1-2H3,(H,24,27)(H,25,28). The predicted molar refractivity (Wildman–Crippen MR) is 97.6 cm³/mol. The summed E-state index contributed by atoms with van der Waals surface area (Å²) < 4.78 is 44.6. The van der Waals surface area contributed by atoms with Gasteiger partial charge in [-0.1, -0.05) is 5.16 Å². The van der Waals surface area contributed by atoms with Crippen molar-refractivity contribution in [3.05, 3.63) is 70.9 Å². The van der Waals surface area contributed by atoms with Crippen LogP contribution in [0.1, 0.15) is 37.9 Å². The summed E-state index contributed by atoms with van der Waals surface area (Å²) in [6.07, 6.45) is -3.33. The van der Waals surface area contributed by atoms with Gasteiger partial charge < -0.3 is 15.2 Å². The van der Waals surface area contributed by atoms with Gasteiger partial charge in [0.2, 0.25) is 5.76 Å². The molecule has 2 N–H and O–H groups in total. The Balaban J connectivity index is 1.89. The molecule has 0 radical (unpaired) electrons. The van der Waals surface area contributed by atoms with Crippen LogP contribution in [-0.4, -0.2) is 22.0 Å². The molecule has 7 nitrogen and oxygen atoms in total. The minimum Gasteiger partial charge on any atom is -0.351 e. The summed E-state index contributed by atoms with van der Waals surface area (Å²) in [6, 6.07) is 7.11. The van der Waals surface area contributed by atoms with Gasteiger partial charge in [-0.3, -0.25) is 14.6 Å². The van der Waals surface area contributed by atoms with Gasteiger partial charge in [0.15, 0.2) is 0 Å². The molecule has 0 atom stereocenters. The maximum atomic E-state index is 13.3. The fourth-order valence-electron chi connectivity index (χ4n) is 2.40. The van der Waals surface area contributed by atoms with E-state index in [1.165, 1.54) is 12.3 Å². The molecule has 2 heterocycles. The number of amides is 2. The first-order valence-electron chi connectivity index (χ1n) is 8.33. The summed E-state index contributed by atoms with van der Waals surface area (Å²) in [5.74, 6) is -1.75. The number of halogens is 3. The van der Waals surface area contributed by atoms with Crippen LogP contribution in [0.5, 0.6) is 0 Å². The molecule has 0 spiro atoms. The number of anilines is 2. The number of alkyl halides is 3. The molecule has 0 saturated carbocycles. The van der Waals surface area contributed by atoms with Crippen molar-refractivity contribution < 1.29 is 27.3 Å². The highest BCUT2D eigenvalue weighted by atomic mass is 19.4. The van der Waals surface area contributed by atoms with Crippen molar-refractivity contribution in [2.75, 3.05) is 10.6 Å². The van der Waals surface area contributed by atoms with Gasteiger partial charge in [-0.25, -0.2) is 0 Å². The normalized spacial score (nSPS) is 11.2. The average molecular weight is 404 g/mol. The van der Waals surface area contributed by atoms with Gasteiger partial charge in [0.1, 0.15) is 0 Å². The van der Waals surface area contributed by atoms with Crippen molar-refractivity contribution in [3.63, 3.8) is 0 Å². The molecular formula is C19H15F3N4O3. The lowest BCUT2D eigenvalue weighted by atomic mass is 10.1. The van der Waals surface area contributed by atoms with Crippen molar-refractivity contribution in [2.45, 2.75) is 20.0 Å². The third-order valence-corrected chi connectivity index (χ3v) is 3.80. The summed E-state index contributed by atoms with van der Waals surface area (Å²) in [6.45, 7) is 3.34. The molecule has 0 aliphatic rings. The number of rotatable bonds is 4. The zero-order valence-electron chi connectivity index (χ0n) is 15.3. The molecule has 0 saturated heterocycles. The van der Waals surface area contributed by atoms with E-state index in [-0.39, 0.29) is 17.0 Å². The van der Waals surface area contributed by atoms with Crippen LogP contribution in [0.25, 0.3) is 0 Å². The molecule has 3 rings (SSSR count). The second kappa shape index (κ2) is 7.74. The Kier molecular flexibility index (Phi) is 5.35. The topological polar surface area (TPSA) is 97.1 Å². The van der Waals surface area contributed by atoms with E-state index in [4.69, 9.17) is 4.52 Å². The van der Waals surface area contributed by atoms with Crippen LogP contribution in [0.15, 0.2) is 47.1 Å². The van der Waals surface area contributed by atoms with Gasteiger partial charge in [-0.15, -0.1) is 0 Å². The second-order valence-corrected chi connectivity index (χ2v) is 6.23. The van der Waals surface area contributed by atoms with Crippen LogP contribution in [0.3, 0.4) is 0 Å². The number of nitrogens with zero attached hydrogens (tertiary/aromatic N) is 2. The van der Waals surface area contributed by atoms with Crippen LogP contribution in [0.4, 0.5) is 24.5 Å². The first kappa shape index (κ1) is 20.1. The lowest BCUT2D eigenvalue weighted by Crippen LogP contribution is -2.17. The van der Waals surface area contributed by atoms with Crippen LogP contribution in [0, 0.1) is 13.8 Å². The number of aromatic nitrogens is 2. The third-order valence-electron chi connectivity index (χ3n) is 3.80. The van der Waals surface area contributed by atoms with E-state index in [0.29, 0.717) is 17.4 Å². The van der Waals surface area contributed by atoms with E-state index in [2.05, 4.69) is 20.8 Å². The third kappa shape index (κ3) is 4.98. The fraction of sp³-hybridized carbons (Fsp3) is 0.158. The molecule has 10 heteroatoms. The van der Waals surface area contributed by atoms with Gasteiger partial charge >= 0.3 is 6.18 Å². The van der Waals surface area contributed by atoms with Crippen molar-refractivity contribution in [2.24, 2.45) is 0 Å². The van der Waals surface area contributed by atoms with Crippen molar-refractivity contribution in [1.29, 1.82) is 0 Å². The summed E-state index contributed by atoms with van der Waals surface area (Å²) in [4.78, 5) is 28.6. The molecule has 0 unspecified atom stereocenters. The minimum absolute atomic E-state index is 0.170. The lowest BCUT2D eigenvalue weighted by molar-refractivity contribution is -0.137. The molecular weight excluding hydrogens is 389 g/mol. The van der Waals surface area contributed by atoms with Crippen molar-refractivity contribution in [1.82, 2.24) is 10.1 Å². The van der Waals surface area contributed by atoms with E-state index in [1.54, 1.807) is 26.0 Å². The monoisotopic (exact) mass is 404 g/mol. The quantitative estimate of drug-likeness (QED) is 0.679. The molecule has 0 fully saturated rings. The van der Waals surface area contributed by atoms with Crippen molar-refractivity contribution in [3.8, 4) is 0 Å². The Hall–Kier alpha value is -3.69. The average Bonchev–Trinajstić information content (AvgIpc) is 3.09. The predicted octanol–water partition coefficient (Wildman–Crippen LogP) is 4.21. The van der Waals surface area contributed by atoms with Crippen LogP contribution in [0.2, 0.25) is 0 Å².